The Kier molecular flexibility index (Phi) is 6.09. The zero-order valence-electron chi connectivity index (χ0n) is 19.7. The summed E-state index contributed by atoms with van der Waals surface area (Å²) in [5, 5.41) is 15.2. The molecule has 182 valence electrons. The average molecular weight is 495 g/mol. The predicted octanol–water partition coefficient (Wildman–Crippen LogP) is 5.87. The molecule has 2 aliphatic rings. The highest BCUT2D eigenvalue weighted by atomic mass is 35.5. The number of fused-ring (bicyclic) bond motifs is 2. The Labute approximate surface area is 209 Å². The van der Waals surface area contributed by atoms with Crippen LogP contribution in [0.15, 0.2) is 60.7 Å². The lowest BCUT2D eigenvalue weighted by molar-refractivity contribution is -0.319. The van der Waals surface area contributed by atoms with Gasteiger partial charge in [-0.2, -0.15) is 0 Å². The Balaban J connectivity index is 1.52. The van der Waals surface area contributed by atoms with Gasteiger partial charge in [-0.3, -0.25) is 10.0 Å². The van der Waals surface area contributed by atoms with Crippen molar-refractivity contribution in [1.29, 1.82) is 0 Å². The topological polar surface area (TPSA) is 80.3 Å². The van der Waals surface area contributed by atoms with Crippen molar-refractivity contribution in [3.8, 4) is 17.2 Å². The van der Waals surface area contributed by atoms with Crippen molar-refractivity contribution in [3.63, 3.8) is 0 Å². The smallest absolute Gasteiger partial charge is 0.234 e. The fourth-order valence-corrected chi connectivity index (χ4v) is 5.01. The molecule has 0 bridgehead atoms. The molecular formula is C27H27ClN2O5. The van der Waals surface area contributed by atoms with Crippen LogP contribution in [0.5, 0.6) is 17.2 Å². The van der Waals surface area contributed by atoms with Gasteiger partial charge >= 0.3 is 0 Å². The minimum Gasteiger partial charge on any atom is -0.486 e. The van der Waals surface area contributed by atoms with Crippen LogP contribution in [0, 0.1) is 0 Å². The van der Waals surface area contributed by atoms with Crippen LogP contribution in [-0.2, 0) is 10.2 Å². The maximum absolute atomic E-state index is 13.7. The number of carbonyl (C=O) groups excluding carboxylic acids is 1. The van der Waals surface area contributed by atoms with E-state index in [0.717, 1.165) is 10.8 Å². The predicted molar refractivity (Wildman–Crippen MR) is 132 cm³/mol. The molecule has 2 atom stereocenters. The van der Waals surface area contributed by atoms with Gasteiger partial charge in [0.2, 0.25) is 5.91 Å². The Morgan fingerprint density at radius 1 is 1.00 bits per heavy atom. The van der Waals surface area contributed by atoms with Crippen LogP contribution >= 0.6 is 11.6 Å². The number of hydrogen-bond donors (Lipinski definition) is 2. The van der Waals surface area contributed by atoms with Crippen molar-refractivity contribution in [3.05, 3.63) is 82.4 Å². The molecule has 2 heterocycles. The standard InChI is InChI=1S/C27H27ClN2O5/c1-27(2,3)19-10-9-17(15-20(19)28)29-26(31)24-18-6-4-5-7-21(18)35-30(32)25(24)16-8-11-22-23(14-16)34-13-12-33-22/h4-11,14-15,24-25,32H,12-13H2,1-3H3,(H,29,31)/t24-,25+/m0/s1. The summed E-state index contributed by atoms with van der Waals surface area (Å²) < 4.78 is 11.3. The molecule has 0 saturated heterocycles. The van der Waals surface area contributed by atoms with E-state index in [0.29, 0.717) is 52.3 Å². The number of nitrogens with one attached hydrogen (secondary N) is 1. The maximum atomic E-state index is 13.7. The molecule has 3 aromatic rings. The Morgan fingerprint density at radius 2 is 1.74 bits per heavy atom. The van der Waals surface area contributed by atoms with E-state index in [1.54, 1.807) is 36.4 Å². The number of carbonyl (C=O) groups is 1. The van der Waals surface area contributed by atoms with Gasteiger partial charge in [0, 0.05) is 16.3 Å². The zero-order valence-corrected chi connectivity index (χ0v) is 20.5. The molecule has 8 heteroatoms. The normalized spacial score (nSPS) is 19.5. The van der Waals surface area contributed by atoms with Gasteiger partial charge in [0.05, 0.1) is 5.92 Å². The lowest BCUT2D eigenvalue weighted by atomic mass is 9.84. The molecule has 2 aliphatic heterocycles. The first-order valence-corrected chi connectivity index (χ1v) is 11.9. The van der Waals surface area contributed by atoms with Crippen molar-refractivity contribution in [2.45, 2.75) is 38.1 Å². The first-order valence-electron chi connectivity index (χ1n) is 11.5. The summed E-state index contributed by atoms with van der Waals surface area (Å²) in [6, 6.07) is 17.2. The van der Waals surface area contributed by atoms with E-state index < -0.39 is 12.0 Å². The van der Waals surface area contributed by atoms with Gasteiger partial charge in [0.25, 0.3) is 0 Å². The van der Waals surface area contributed by atoms with E-state index >= 15 is 0 Å². The summed E-state index contributed by atoms with van der Waals surface area (Å²) in [7, 11) is 0. The molecule has 7 nitrogen and oxygen atoms in total. The minimum absolute atomic E-state index is 0.125. The van der Waals surface area contributed by atoms with Gasteiger partial charge in [0.1, 0.15) is 19.3 Å². The maximum Gasteiger partial charge on any atom is 0.234 e. The molecular weight excluding hydrogens is 468 g/mol. The van der Waals surface area contributed by atoms with E-state index in [1.807, 2.05) is 24.3 Å². The number of anilines is 1. The molecule has 2 N–H and O–H groups in total. The molecule has 0 radical (unpaired) electrons. The van der Waals surface area contributed by atoms with E-state index in [1.165, 1.54) is 0 Å². The molecule has 0 unspecified atom stereocenters. The summed E-state index contributed by atoms with van der Waals surface area (Å²) in [6.45, 7) is 7.15. The number of halogens is 1. The second-order valence-corrected chi connectivity index (χ2v) is 10.1. The number of amides is 1. The SMILES string of the molecule is CC(C)(C)c1ccc(NC(=O)[C@H]2c3ccccc3ON(O)[C@@H]2c2ccc3c(c2)OCCO3)cc1Cl. The van der Waals surface area contributed by atoms with E-state index in [-0.39, 0.29) is 11.3 Å². The van der Waals surface area contributed by atoms with Gasteiger partial charge < -0.3 is 19.6 Å². The van der Waals surface area contributed by atoms with Crippen molar-refractivity contribution in [1.82, 2.24) is 5.23 Å². The lowest BCUT2D eigenvalue weighted by Gasteiger charge is -2.37. The van der Waals surface area contributed by atoms with Crippen LogP contribution in [0.1, 0.15) is 49.4 Å². The second kappa shape index (κ2) is 9.07. The molecule has 3 aromatic carbocycles. The molecule has 0 spiro atoms. The third-order valence-electron chi connectivity index (χ3n) is 6.23. The molecule has 35 heavy (non-hydrogen) atoms. The first kappa shape index (κ1) is 23.5. The van der Waals surface area contributed by atoms with Crippen molar-refractivity contribution < 1.29 is 24.3 Å². The highest BCUT2D eigenvalue weighted by molar-refractivity contribution is 6.31. The number of hydroxylamine groups is 2. The van der Waals surface area contributed by atoms with Crippen LogP contribution < -0.4 is 19.6 Å². The number of nitrogens with zero attached hydrogens (tertiary/aromatic N) is 1. The Bertz CT molecular complexity index is 1270. The largest absolute Gasteiger partial charge is 0.486 e. The Hall–Kier alpha value is -3.26. The fraction of sp³-hybridized carbons (Fsp3) is 0.296. The lowest BCUT2D eigenvalue weighted by Crippen LogP contribution is -2.41. The second-order valence-electron chi connectivity index (χ2n) is 9.69. The van der Waals surface area contributed by atoms with Crippen molar-refractivity contribution in [2.24, 2.45) is 0 Å². The van der Waals surface area contributed by atoms with Crippen LogP contribution in [0.4, 0.5) is 5.69 Å². The monoisotopic (exact) mass is 494 g/mol. The van der Waals surface area contributed by atoms with Crippen LogP contribution in [0.2, 0.25) is 5.02 Å². The number of ether oxygens (including phenoxy) is 2. The third kappa shape index (κ3) is 4.55. The molecule has 0 saturated carbocycles. The summed E-state index contributed by atoms with van der Waals surface area (Å²) in [4.78, 5) is 19.4. The van der Waals surface area contributed by atoms with Gasteiger partial charge in [-0.15, -0.1) is 0 Å². The zero-order chi connectivity index (χ0) is 24.7. The van der Waals surface area contributed by atoms with Gasteiger partial charge in [-0.1, -0.05) is 62.7 Å². The van der Waals surface area contributed by atoms with Crippen LogP contribution in [0.25, 0.3) is 0 Å². The van der Waals surface area contributed by atoms with Crippen molar-refractivity contribution in [2.75, 3.05) is 18.5 Å². The molecule has 0 aromatic heterocycles. The first-order chi connectivity index (χ1) is 16.7. The molecule has 1 amide bonds. The van der Waals surface area contributed by atoms with E-state index in [4.69, 9.17) is 25.9 Å². The quantitative estimate of drug-likeness (QED) is 0.474. The highest BCUT2D eigenvalue weighted by Gasteiger charge is 2.42. The van der Waals surface area contributed by atoms with Crippen LogP contribution in [-0.4, -0.2) is 29.6 Å². The number of para-hydroxylation sites is 1. The highest BCUT2D eigenvalue weighted by Crippen LogP contribution is 2.46. The number of rotatable bonds is 3. The fourth-order valence-electron chi connectivity index (χ4n) is 4.55. The summed E-state index contributed by atoms with van der Waals surface area (Å²) in [6.07, 6.45) is 0. The number of benzene rings is 3. The van der Waals surface area contributed by atoms with Gasteiger partial charge in [-0.05, 0) is 52.1 Å². The molecule has 0 fully saturated rings. The minimum atomic E-state index is -0.829. The Morgan fingerprint density at radius 3 is 2.49 bits per heavy atom. The van der Waals surface area contributed by atoms with Gasteiger partial charge in [-0.25, -0.2) is 0 Å². The van der Waals surface area contributed by atoms with Gasteiger partial charge in [0.15, 0.2) is 17.2 Å². The van der Waals surface area contributed by atoms with E-state index in [9.17, 15) is 10.0 Å². The molecule has 5 rings (SSSR count). The summed E-state index contributed by atoms with van der Waals surface area (Å²) in [5.41, 5.74) is 2.74. The molecule has 0 aliphatic carbocycles. The summed E-state index contributed by atoms with van der Waals surface area (Å²) >= 11 is 6.53. The van der Waals surface area contributed by atoms with E-state index in [2.05, 4.69) is 26.1 Å². The third-order valence-corrected chi connectivity index (χ3v) is 6.55. The number of hydrogen-bond acceptors (Lipinski definition) is 6. The summed E-state index contributed by atoms with van der Waals surface area (Å²) in [5.74, 6) is 0.499. The van der Waals surface area contributed by atoms with Crippen molar-refractivity contribution >= 4 is 23.2 Å². The average Bonchev–Trinajstić information content (AvgIpc) is 2.82. The van der Waals surface area contributed by atoms with Crippen LogP contribution in [0.3, 0.4) is 0 Å².